The quantitative estimate of drug-likeness (QED) is 0.818. The molecule has 0 amide bonds. The van der Waals surface area contributed by atoms with E-state index in [0.717, 1.165) is 17.9 Å². The van der Waals surface area contributed by atoms with Gasteiger partial charge in [0.05, 0.1) is 6.20 Å². The van der Waals surface area contributed by atoms with Crippen molar-refractivity contribution in [1.29, 1.82) is 0 Å². The highest BCUT2D eigenvalue weighted by molar-refractivity contribution is 5.47. The number of rotatable bonds is 5. The molecule has 2 rings (SSSR count). The third-order valence-electron chi connectivity index (χ3n) is 2.82. The van der Waals surface area contributed by atoms with Crippen molar-refractivity contribution in [2.24, 2.45) is 11.7 Å². The molecule has 4 nitrogen and oxygen atoms in total. The molecule has 0 spiro atoms. The van der Waals surface area contributed by atoms with Gasteiger partial charge >= 0.3 is 0 Å². The second-order valence-electron chi connectivity index (χ2n) is 4.86. The minimum Gasteiger partial charge on any atom is -0.352 e. The van der Waals surface area contributed by atoms with Crippen LogP contribution in [0.3, 0.4) is 0 Å². The molecule has 2 N–H and O–H groups in total. The SMILES string of the molecule is CC(C)CN(c1nnccc1CN)C1CC1. The molecule has 88 valence electrons. The minimum atomic E-state index is 0.534. The largest absolute Gasteiger partial charge is 0.352 e. The molecule has 1 aromatic rings. The summed E-state index contributed by atoms with van der Waals surface area (Å²) < 4.78 is 0. The summed E-state index contributed by atoms with van der Waals surface area (Å²) in [5, 5.41) is 8.24. The maximum absolute atomic E-state index is 5.75. The number of nitrogens with two attached hydrogens (primary N) is 1. The van der Waals surface area contributed by atoms with Gasteiger partial charge in [-0.1, -0.05) is 13.8 Å². The van der Waals surface area contributed by atoms with Crippen LogP contribution in [0.5, 0.6) is 0 Å². The molecule has 0 unspecified atom stereocenters. The van der Waals surface area contributed by atoms with E-state index in [9.17, 15) is 0 Å². The van der Waals surface area contributed by atoms with Gasteiger partial charge in [-0.15, -0.1) is 5.10 Å². The molecule has 1 aromatic heterocycles. The number of aromatic nitrogens is 2. The predicted octanol–water partition coefficient (Wildman–Crippen LogP) is 1.56. The van der Waals surface area contributed by atoms with Crippen LogP contribution in [0.25, 0.3) is 0 Å². The topological polar surface area (TPSA) is 55.0 Å². The van der Waals surface area contributed by atoms with Crippen molar-refractivity contribution in [2.45, 2.75) is 39.3 Å². The van der Waals surface area contributed by atoms with E-state index in [4.69, 9.17) is 5.73 Å². The van der Waals surface area contributed by atoms with Crippen molar-refractivity contribution in [2.75, 3.05) is 11.4 Å². The number of hydrogen-bond acceptors (Lipinski definition) is 4. The Morgan fingerprint density at radius 2 is 2.25 bits per heavy atom. The van der Waals surface area contributed by atoms with E-state index in [2.05, 4.69) is 28.9 Å². The van der Waals surface area contributed by atoms with Gasteiger partial charge in [-0.05, 0) is 24.8 Å². The fraction of sp³-hybridized carbons (Fsp3) is 0.667. The maximum atomic E-state index is 5.75. The lowest BCUT2D eigenvalue weighted by Gasteiger charge is -2.26. The first kappa shape index (κ1) is 11.3. The summed E-state index contributed by atoms with van der Waals surface area (Å²) in [6.45, 7) is 6.03. The second-order valence-corrected chi connectivity index (χ2v) is 4.86. The van der Waals surface area contributed by atoms with Gasteiger partial charge in [0.2, 0.25) is 0 Å². The zero-order chi connectivity index (χ0) is 11.5. The number of hydrogen-bond donors (Lipinski definition) is 1. The van der Waals surface area contributed by atoms with Crippen molar-refractivity contribution < 1.29 is 0 Å². The highest BCUT2D eigenvalue weighted by Gasteiger charge is 2.31. The Labute approximate surface area is 96.9 Å². The molecule has 1 aliphatic rings. The van der Waals surface area contributed by atoms with E-state index < -0.39 is 0 Å². The molecule has 1 fully saturated rings. The van der Waals surface area contributed by atoms with Crippen LogP contribution in [0.1, 0.15) is 32.3 Å². The molecule has 0 bridgehead atoms. The first-order valence-electron chi connectivity index (χ1n) is 5.99. The Hall–Kier alpha value is -1.16. The van der Waals surface area contributed by atoms with Gasteiger partial charge in [0.1, 0.15) is 0 Å². The lowest BCUT2D eigenvalue weighted by Crippen LogP contribution is -2.32. The Morgan fingerprint density at radius 3 is 2.81 bits per heavy atom. The van der Waals surface area contributed by atoms with Crippen LogP contribution < -0.4 is 10.6 Å². The fourth-order valence-corrected chi connectivity index (χ4v) is 1.94. The summed E-state index contributed by atoms with van der Waals surface area (Å²) in [6, 6.07) is 2.63. The van der Waals surface area contributed by atoms with Crippen molar-refractivity contribution in [1.82, 2.24) is 10.2 Å². The van der Waals surface area contributed by atoms with E-state index >= 15 is 0 Å². The summed E-state index contributed by atoms with van der Waals surface area (Å²) in [4.78, 5) is 2.37. The van der Waals surface area contributed by atoms with Gasteiger partial charge in [0.15, 0.2) is 5.82 Å². The molecule has 0 radical (unpaired) electrons. The molecular weight excluding hydrogens is 200 g/mol. The van der Waals surface area contributed by atoms with Crippen LogP contribution >= 0.6 is 0 Å². The van der Waals surface area contributed by atoms with Crippen molar-refractivity contribution in [3.63, 3.8) is 0 Å². The van der Waals surface area contributed by atoms with Crippen LogP contribution in [0.2, 0.25) is 0 Å². The maximum Gasteiger partial charge on any atom is 0.156 e. The van der Waals surface area contributed by atoms with E-state index in [0.29, 0.717) is 18.5 Å². The molecular formula is C12H20N4. The summed E-state index contributed by atoms with van der Waals surface area (Å²) >= 11 is 0. The van der Waals surface area contributed by atoms with E-state index in [1.165, 1.54) is 12.8 Å². The molecule has 1 aliphatic carbocycles. The van der Waals surface area contributed by atoms with Gasteiger partial charge in [-0.3, -0.25) is 0 Å². The van der Waals surface area contributed by atoms with E-state index in [-0.39, 0.29) is 0 Å². The average Bonchev–Trinajstić information content (AvgIpc) is 3.09. The number of anilines is 1. The zero-order valence-corrected chi connectivity index (χ0v) is 10.1. The average molecular weight is 220 g/mol. The van der Waals surface area contributed by atoms with Gasteiger partial charge in [-0.25, -0.2) is 0 Å². The van der Waals surface area contributed by atoms with Crippen molar-refractivity contribution in [3.05, 3.63) is 17.8 Å². The lowest BCUT2D eigenvalue weighted by atomic mass is 10.2. The van der Waals surface area contributed by atoms with E-state index in [1.54, 1.807) is 6.20 Å². The second kappa shape index (κ2) is 4.78. The summed E-state index contributed by atoms with van der Waals surface area (Å²) in [6.07, 6.45) is 4.26. The van der Waals surface area contributed by atoms with Crippen LogP contribution in [-0.2, 0) is 6.54 Å². The molecule has 1 saturated carbocycles. The zero-order valence-electron chi connectivity index (χ0n) is 10.1. The highest BCUT2D eigenvalue weighted by atomic mass is 15.3. The summed E-state index contributed by atoms with van der Waals surface area (Å²) in [5.41, 5.74) is 6.84. The molecule has 0 saturated heterocycles. The van der Waals surface area contributed by atoms with Crippen LogP contribution in [0.15, 0.2) is 12.3 Å². The van der Waals surface area contributed by atoms with Crippen molar-refractivity contribution in [3.8, 4) is 0 Å². The normalized spacial score (nSPS) is 15.5. The Kier molecular flexibility index (Phi) is 3.39. The van der Waals surface area contributed by atoms with Gasteiger partial charge < -0.3 is 10.6 Å². The van der Waals surface area contributed by atoms with E-state index in [1.807, 2.05) is 6.07 Å². The Balaban J connectivity index is 2.23. The molecule has 0 atom stereocenters. The van der Waals surface area contributed by atoms with Crippen LogP contribution in [-0.4, -0.2) is 22.8 Å². The molecule has 0 aromatic carbocycles. The highest BCUT2D eigenvalue weighted by Crippen LogP contribution is 2.32. The standard InChI is InChI=1S/C12H20N4/c1-9(2)8-16(11-3-4-11)12-10(7-13)5-6-14-15-12/h5-6,9,11H,3-4,7-8,13H2,1-2H3. The van der Waals surface area contributed by atoms with Gasteiger partial charge in [0.25, 0.3) is 0 Å². The fourth-order valence-electron chi connectivity index (χ4n) is 1.94. The Morgan fingerprint density at radius 1 is 1.50 bits per heavy atom. The molecule has 1 heterocycles. The lowest BCUT2D eigenvalue weighted by molar-refractivity contribution is 0.598. The molecule has 4 heteroatoms. The first-order chi connectivity index (χ1) is 7.72. The van der Waals surface area contributed by atoms with Gasteiger partial charge in [0, 0.05) is 24.7 Å². The van der Waals surface area contributed by atoms with Crippen LogP contribution in [0.4, 0.5) is 5.82 Å². The van der Waals surface area contributed by atoms with Crippen LogP contribution in [0, 0.1) is 5.92 Å². The Bertz CT molecular complexity index is 347. The predicted molar refractivity (Wildman–Crippen MR) is 65.1 cm³/mol. The van der Waals surface area contributed by atoms with Crippen molar-refractivity contribution >= 4 is 5.82 Å². The third kappa shape index (κ3) is 2.50. The first-order valence-corrected chi connectivity index (χ1v) is 5.99. The molecule has 16 heavy (non-hydrogen) atoms. The smallest absolute Gasteiger partial charge is 0.156 e. The minimum absolute atomic E-state index is 0.534. The number of nitrogens with zero attached hydrogens (tertiary/aromatic N) is 3. The summed E-state index contributed by atoms with van der Waals surface area (Å²) in [7, 11) is 0. The summed E-state index contributed by atoms with van der Waals surface area (Å²) in [5.74, 6) is 1.62. The third-order valence-corrected chi connectivity index (χ3v) is 2.82. The monoisotopic (exact) mass is 220 g/mol. The van der Waals surface area contributed by atoms with Gasteiger partial charge in [-0.2, -0.15) is 5.10 Å². The molecule has 0 aliphatic heterocycles.